The fourth-order valence-electron chi connectivity index (χ4n) is 1.80. The summed E-state index contributed by atoms with van der Waals surface area (Å²) in [7, 11) is 0. The maximum absolute atomic E-state index is 12.2. The highest BCUT2D eigenvalue weighted by molar-refractivity contribution is 14.1. The number of rotatable bonds is 4. The Morgan fingerprint density at radius 2 is 2.15 bits per heavy atom. The van der Waals surface area contributed by atoms with E-state index in [1.807, 2.05) is 25.1 Å². The highest BCUT2D eigenvalue weighted by Gasteiger charge is 2.19. The number of anilines is 1. The molecule has 1 N–H and O–H groups in total. The Balaban J connectivity index is 2.29. The fraction of sp³-hybridized carbons (Fsp3) is 0.154. The van der Waals surface area contributed by atoms with Gasteiger partial charge in [-0.15, -0.1) is 0 Å². The second-order valence-corrected chi connectivity index (χ2v) is 5.22. The number of para-hydroxylation sites is 1. The smallest absolute Gasteiger partial charge is 0.287 e. The number of hydrogen-bond donors (Lipinski definition) is 1. The van der Waals surface area contributed by atoms with E-state index in [0.29, 0.717) is 12.2 Å². The molecule has 2 rings (SSSR count). The lowest BCUT2D eigenvalue weighted by Gasteiger charge is -2.08. The lowest BCUT2D eigenvalue weighted by atomic mass is 10.3. The molecule has 20 heavy (non-hydrogen) atoms. The summed E-state index contributed by atoms with van der Waals surface area (Å²) in [4.78, 5) is 22.5. The van der Waals surface area contributed by atoms with Crippen molar-refractivity contribution in [3.8, 4) is 0 Å². The van der Waals surface area contributed by atoms with Crippen LogP contribution < -0.4 is 5.32 Å². The Morgan fingerprint density at radius 3 is 2.75 bits per heavy atom. The van der Waals surface area contributed by atoms with Gasteiger partial charge in [0.15, 0.2) is 0 Å². The van der Waals surface area contributed by atoms with Crippen molar-refractivity contribution in [2.75, 3.05) is 5.32 Å². The third-order valence-electron chi connectivity index (χ3n) is 2.79. The molecule has 0 spiro atoms. The minimum absolute atomic E-state index is 0.0836. The molecule has 0 aliphatic heterocycles. The van der Waals surface area contributed by atoms with Gasteiger partial charge in [0.05, 0.1) is 16.8 Å². The average Bonchev–Trinajstić information content (AvgIpc) is 2.85. The van der Waals surface area contributed by atoms with E-state index in [2.05, 4.69) is 27.9 Å². The van der Waals surface area contributed by atoms with Crippen LogP contribution in [-0.2, 0) is 6.54 Å². The highest BCUT2D eigenvalue weighted by Crippen LogP contribution is 2.20. The summed E-state index contributed by atoms with van der Waals surface area (Å²) < 4.78 is 2.46. The molecule has 1 amide bonds. The molecule has 2 aromatic rings. The molecule has 7 heteroatoms. The van der Waals surface area contributed by atoms with Crippen LogP contribution in [0.25, 0.3) is 0 Å². The molecule has 1 heterocycles. The van der Waals surface area contributed by atoms with E-state index in [4.69, 9.17) is 0 Å². The molecule has 104 valence electrons. The second-order valence-electron chi connectivity index (χ2n) is 4.06. The predicted molar refractivity (Wildman–Crippen MR) is 83.9 cm³/mol. The Hall–Kier alpha value is -1.90. The molecule has 6 nitrogen and oxygen atoms in total. The topological polar surface area (TPSA) is 77.2 Å². The normalized spacial score (nSPS) is 10.3. The largest absolute Gasteiger partial charge is 0.337 e. The molecule has 0 radical (unpaired) electrons. The lowest BCUT2D eigenvalue weighted by molar-refractivity contribution is -0.384. The van der Waals surface area contributed by atoms with Gasteiger partial charge < -0.3 is 9.88 Å². The maximum atomic E-state index is 12.2. The third kappa shape index (κ3) is 2.98. The van der Waals surface area contributed by atoms with Gasteiger partial charge >= 0.3 is 0 Å². The Labute approximate surface area is 129 Å². The van der Waals surface area contributed by atoms with Crippen LogP contribution in [0.15, 0.2) is 36.5 Å². The van der Waals surface area contributed by atoms with Crippen LogP contribution in [0.1, 0.15) is 17.4 Å². The van der Waals surface area contributed by atoms with Crippen LogP contribution in [0.5, 0.6) is 0 Å². The summed E-state index contributed by atoms with van der Waals surface area (Å²) in [5, 5.41) is 13.5. The molecule has 1 aromatic heterocycles. The second kappa shape index (κ2) is 6.04. The summed E-state index contributed by atoms with van der Waals surface area (Å²) in [6.07, 6.45) is 1.37. The zero-order valence-corrected chi connectivity index (χ0v) is 12.8. The fourth-order valence-corrected chi connectivity index (χ4v) is 2.32. The molecule has 0 atom stereocenters. The van der Waals surface area contributed by atoms with Gasteiger partial charge in [0, 0.05) is 16.2 Å². The molecule has 0 unspecified atom stereocenters. The monoisotopic (exact) mass is 385 g/mol. The summed E-state index contributed by atoms with van der Waals surface area (Å²) in [6.45, 7) is 2.31. The van der Waals surface area contributed by atoms with Crippen molar-refractivity contribution in [1.82, 2.24) is 4.57 Å². The number of nitrogens with zero attached hydrogens (tertiary/aromatic N) is 2. The Bertz CT molecular complexity index is 667. The number of aromatic nitrogens is 1. The SMILES string of the molecule is CCn1cc([N+](=O)[O-])cc1C(=O)Nc1ccccc1I. The zero-order chi connectivity index (χ0) is 14.7. The van der Waals surface area contributed by atoms with Crippen molar-refractivity contribution in [1.29, 1.82) is 0 Å². The van der Waals surface area contributed by atoms with E-state index in [1.54, 1.807) is 10.6 Å². The van der Waals surface area contributed by atoms with E-state index in [-0.39, 0.29) is 17.3 Å². The molecule has 0 aliphatic carbocycles. The summed E-state index contributed by atoms with van der Waals surface area (Å²) in [6, 6.07) is 8.63. The minimum Gasteiger partial charge on any atom is -0.337 e. The van der Waals surface area contributed by atoms with Crippen molar-refractivity contribution in [2.45, 2.75) is 13.5 Å². The van der Waals surface area contributed by atoms with E-state index < -0.39 is 4.92 Å². The molecule has 0 aliphatic rings. The number of carbonyl (C=O) groups is 1. The maximum Gasteiger partial charge on any atom is 0.287 e. The molecular weight excluding hydrogens is 373 g/mol. The van der Waals surface area contributed by atoms with E-state index in [9.17, 15) is 14.9 Å². The number of amides is 1. The van der Waals surface area contributed by atoms with Gasteiger partial charge in [-0.3, -0.25) is 14.9 Å². The standard InChI is InChI=1S/C13H12IN3O3/c1-2-16-8-9(17(19)20)7-12(16)13(18)15-11-6-4-3-5-10(11)14/h3-8H,2H2,1H3,(H,15,18). The van der Waals surface area contributed by atoms with Gasteiger partial charge in [0.1, 0.15) is 5.69 Å². The third-order valence-corrected chi connectivity index (χ3v) is 3.73. The van der Waals surface area contributed by atoms with Crippen LogP contribution in [0.2, 0.25) is 0 Å². The van der Waals surface area contributed by atoms with Crippen LogP contribution in [0.3, 0.4) is 0 Å². The molecule has 0 bridgehead atoms. The van der Waals surface area contributed by atoms with Gasteiger partial charge in [0.2, 0.25) is 0 Å². The van der Waals surface area contributed by atoms with Crippen molar-refractivity contribution in [2.24, 2.45) is 0 Å². The highest BCUT2D eigenvalue weighted by atomic mass is 127. The van der Waals surface area contributed by atoms with E-state index in [0.717, 1.165) is 3.57 Å². The summed E-state index contributed by atoms with van der Waals surface area (Å²) in [5.74, 6) is -0.357. The zero-order valence-electron chi connectivity index (χ0n) is 10.7. The number of nitro groups is 1. The molecule has 0 saturated heterocycles. The first-order chi connectivity index (χ1) is 9.52. The molecule has 0 saturated carbocycles. The van der Waals surface area contributed by atoms with Crippen molar-refractivity contribution >= 4 is 39.9 Å². The van der Waals surface area contributed by atoms with Gasteiger partial charge in [-0.25, -0.2) is 0 Å². The van der Waals surface area contributed by atoms with Crippen molar-refractivity contribution in [3.63, 3.8) is 0 Å². The summed E-state index contributed by atoms with van der Waals surface area (Å²) in [5.41, 5.74) is 0.878. The van der Waals surface area contributed by atoms with Gasteiger partial charge in [-0.1, -0.05) is 12.1 Å². The number of carbonyl (C=O) groups excluding carboxylic acids is 1. The average molecular weight is 385 g/mol. The van der Waals surface area contributed by atoms with Gasteiger partial charge in [0.25, 0.3) is 11.6 Å². The molecular formula is C13H12IN3O3. The van der Waals surface area contributed by atoms with Crippen LogP contribution in [0.4, 0.5) is 11.4 Å². The summed E-state index contributed by atoms with van der Waals surface area (Å²) >= 11 is 2.12. The lowest BCUT2D eigenvalue weighted by Crippen LogP contribution is -2.16. The van der Waals surface area contributed by atoms with Crippen molar-refractivity contribution < 1.29 is 9.72 Å². The van der Waals surface area contributed by atoms with Gasteiger partial charge in [-0.05, 0) is 41.6 Å². The number of hydrogen-bond acceptors (Lipinski definition) is 3. The quantitative estimate of drug-likeness (QED) is 0.499. The van der Waals surface area contributed by atoms with Crippen LogP contribution in [-0.4, -0.2) is 15.4 Å². The number of aryl methyl sites for hydroxylation is 1. The van der Waals surface area contributed by atoms with Crippen LogP contribution in [0, 0.1) is 13.7 Å². The first kappa shape index (κ1) is 14.5. The first-order valence-electron chi connectivity index (χ1n) is 5.93. The number of nitrogens with one attached hydrogen (secondary N) is 1. The Morgan fingerprint density at radius 1 is 1.45 bits per heavy atom. The Kier molecular flexibility index (Phi) is 4.38. The number of benzene rings is 1. The predicted octanol–water partition coefficient (Wildman–Crippen LogP) is 3.27. The van der Waals surface area contributed by atoms with Gasteiger partial charge in [-0.2, -0.15) is 0 Å². The van der Waals surface area contributed by atoms with Crippen LogP contribution >= 0.6 is 22.6 Å². The van der Waals surface area contributed by atoms with Crippen molar-refractivity contribution in [3.05, 3.63) is 55.9 Å². The van der Waals surface area contributed by atoms with E-state index >= 15 is 0 Å². The van der Waals surface area contributed by atoms with E-state index in [1.165, 1.54) is 12.3 Å². The number of halogens is 1. The minimum atomic E-state index is -0.505. The molecule has 1 aromatic carbocycles. The molecule has 0 fully saturated rings. The first-order valence-corrected chi connectivity index (χ1v) is 7.01.